The summed E-state index contributed by atoms with van der Waals surface area (Å²) in [6, 6.07) is 8.10. The predicted octanol–water partition coefficient (Wildman–Crippen LogP) is 3.89. The van der Waals surface area contributed by atoms with E-state index in [1.54, 1.807) is 0 Å². The van der Waals surface area contributed by atoms with E-state index in [-0.39, 0.29) is 5.91 Å². The van der Waals surface area contributed by atoms with E-state index in [0.717, 1.165) is 62.6 Å². The van der Waals surface area contributed by atoms with Gasteiger partial charge in [-0.15, -0.1) is 0 Å². The highest BCUT2D eigenvalue weighted by molar-refractivity contribution is 6.15. The fourth-order valence-corrected chi connectivity index (χ4v) is 3.42. The first-order valence-corrected chi connectivity index (χ1v) is 10.0. The van der Waals surface area contributed by atoms with Gasteiger partial charge in [-0.1, -0.05) is 56.4 Å². The van der Waals surface area contributed by atoms with Gasteiger partial charge in [0.1, 0.15) is 5.84 Å². The average molecular weight is 369 g/mol. The molecular weight excluding hydrogens is 336 g/mol. The Morgan fingerprint density at radius 1 is 1.00 bits per heavy atom. The number of benzene rings is 1. The first-order valence-electron chi connectivity index (χ1n) is 10.0. The molecule has 2 rings (SSSR count). The smallest absolute Gasteiger partial charge is 0.217 e. The normalized spacial score (nSPS) is 15.8. The van der Waals surface area contributed by atoms with Crippen LogP contribution in [0.3, 0.4) is 0 Å². The van der Waals surface area contributed by atoms with E-state index in [1.165, 1.54) is 18.4 Å². The van der Waals surface area contributed by atoms with E-state index in [1.807, 2.05) is 24.3 Å². The monoisotopic (exact) mass is 368 g/mol. The molecule has 1 aromatic rings. The zero-order chi connectivity index (χ0) is 19.5. The zero-order valence-electron chi connectivity index (χ0n) is 16.2. The molecule has 0 saturated carbocycles. The van der Waals surface area contributed by atoms with Crippen LogP contribution in [0.1, 0.15) is 68.9 Å². The Kier molecular flexibility index (Phi) is 8.75. The fourth-order valence-electron chi connectivity index (χ4n) is 3.42. The van der Waals surface area contributed by atoms with Crippen LogP contribution in [0.15, 0.2) is 40.9 Å². The SMILES string of the molecule is N=C1/C(=C\C(N)=NCCCCCCCCCC(N)=O)CCc2ccccc21. The van der Waals surface area contributed by atoms with Crippen molar-refractivity contribution < 1.29 is 4.79 Å². The van der Waals surface area contributed by atoms with Gasteiger partial charge in [0.05, 0.1) is 5.71 Å². The Morgan fingerprint density at radius 3 is 2.41 bits per heavy atom. The average Bonchev–Trinajstić information content (AvgIpc) is 2.65. The van der Waals surface area contributed by atoms with Crippen molar-refractivity contribution in [1.82, 2.24) is 0 Å². The highest BCUT2D eigenvalue weighted by Gasteiger charge is 2.18. The summed E-state index contributed by atoms with van der Waals surface area (Å²) in [5.41, 5.74) is 15.0. The molecule has 0 bridgehead atoms. The summed E-state index contributed by atoms with van der Waals surface area (Å²) in [6.07, 6.45) is 11.9. The molecule has 1 aromatic carbocycles. The van der Waals surface area contributed by atoms with Crippen molar-refractivity contribution in [3.63, 3.8) is 0 Å². The highest BCUT2D eigenvalue weighted by Crippen LogP contribution is 2.24. The number of rotatable bonds is 11. The molecule has 0 atom stereocenters. The van der Waals surface area contributed by atoms with Crippen LogP contribution in [0, 0.1) is 5.41 Å². The molecule has 1 amide bonds. The summed E-state index contributed by atoms with van der Waals surface area (Å²) in [7, 11) is 0. The summed E-state index contributed by atoms with van der Waals surface area (Å²) in [5.74, 6) is 0.327. The lowest BCUT2D eigenvalue weighted by Crippen LogP contribution is -2.18. The molecular formula is C22H32N4O. The van der Waals surface area contributed by atoms with E-state index in [9.17, 15) is 4.79 Å². The minimum Gasteiger partial charge on any atom is -0.384 e. The van der Waals surface area contributed by atoms with Gasteiger partial charge in [-0.25, -0.2) is 0 Å². The third kappa shape index (κ3) is 7.37. The first kappa shape index (κ1) is 20.9. The topological polar surface area (TPSA) is 105 Å². The van der Waals surface area contributed by atoms with Crippen LogP contribution in [0.5, 0.6) is 0 Å². The van der Waals surface area contributed by atoms with Crippen molar-refractivity contribution in [2.45, 2.75) is 64.2 Å². The number of hydrogen-bond donors (Lipinski definition) is 3. The third-order valence-corrected chi connectivity index (χ3v) is 4.97. The summed E-state index contributed by atoms with van der Waals surface area (Å²) in [5, 5.41) is 8.38. The Labute approximate surface area is 162 Å². The molecule has 0 unspecified atom stereocenters. The standard InChI is InChI=1S/C22H32N4O/c23-20(26-15-9-5-3-1-2-4-6-12-21(24)27)16-18-14-13-17-10-7-8-11-19(17)22(18)25/h7-8,10-11,16,25H,1-6,9,12-15H2,(H2,23,26)(H2,24,27)/b18-16-,25-22?. The summed E-state index contributed by atoms with van der Waals surface area (Å²) < 4.78 is 0. The summed E-state index contributed by atoms with van der Waals surface area (Å²) in [6.45, 7) is 0.737. The number of carbonyl (C=O) groups excluding carboxylic acids is 1. The number of nitrogens with zero attached hydrogens (tertiary/aromatic N) is 1. The Hall–Kier alpha value is -2.43. The van der Waals surface area contributed by atoms with E-state index >= 15 is 0 Å². The van der Waals surface area contributed by atoms with Crippen molar-refractivity contribution in [3.05, 3.63) is 47.0 Å². The van der Waals surface area contributed by atoms with Crippen LogP contribution in [0.4, 0.5) is 0 Å². The number of amides is 1. The van der Waals surface area contributed by atoms with Gasteiger partial charge in [-0.3, -0.25) is 15.2 Å². The van der Waals surface area contributed by atoms with Crippen LogP contribution in [-0.2, 0) is 11.2 Å². The number of aryl methyl sites for hydroxylation is 1. The van der Waals surface area contributed by atoms with Gasteiger partial charge in [-0.05, 0) is 42.9 Å². The van der Waals surface area contributed by atoms with Crippen molar-refractivity contribution >= 4 is 17.5 Å². The second-order valence-electron chi connectivity index (χ2n) is 7.20. The van der Waals surface area contributed by atoms with Crippen LogP contribution in [0.2, 0.25) is 0 Å². The number of allylic oxidation sites excluding steroid dienone is 1. The Balaban J connectivity index is 1.64. The molecule has 1 aliphatic carbocycles. The van der Waals surface area contributed by atoms with Crippen LogP contribution < -0.4 is 11.5 Å². The molecule has 5 nitrogen and oxygen atoms in total. The van der Waals surface area contributed by atoms with Gasteiger partial charge in [0.2, 0.25) is 5.91 Å². The number of aliphatic imine (C=N–C) groups is 1. The van der Waals surface area contributed by atoms with Gasteiger partial charge in [0, 0.05) is 18.5 Å². The van der Waals surface area contributed by atoms with Crippen molar-refractivity contribution in [3.8, 4) is 0 Å². The molecule has 0 radical (unpaired) electrons. The van der Waals surface area contributed by atoms with E-state index in [4.69, 9.17) is 16.9 Å². The third-order valence-electron chi connectivity index (χ3n) is 4.97. The Bertz CT molecular complexity index is 706. The molecule has 1 aliphatic rings. The quantitative estimate of drug-likeness (QED) is 0.313. The number of carbonyl (C=O) groups is 1. The minimum atomic E-state index is -0.201. The lowest BCUT2D eigenvalue weighted by atomic mass is 9.86. The highest BCUT2D eigenvalue weighted by atomic mass is 16.1. The maximum absolute atomic E-state index is 10.6. The molecule has 146 valence electrons. The lowest BCUT2D eigenvalue weighted by molar-refractivity contribution is -0.118. The minimum absolute atomic E-state index is 0.201. The molecule has 5 heteroatoms. The number of fused-ring (bicyclic) bond motifs is 1. The van der Waals surface area contributed by atoms with E-state index in [2.05, 4.69) is 11.1 Å². The molecule has 5 N–H and O–H groups in total. The molecule has 0 aliphatic heterocycles. The van der Waals surface area contributed by atoms with Crippen molar-refractivity contribution in [2.75, 3.05) is 6.54 Å². The molecule has 0 heterocycles. The number of amidine groups is 1. The molecule has 0 aromatic heterocycles. The second-order valence-corrected chi connectivity index (χ2v) is 7.20. The van der Waals surface area contributed by atoms with Gasteiger partial charge < -0.3 is 11.5 Å². The van der Waals surface area contributed by atoms with Gasteiger partial charge >= 0.3 is 0 Å². The van der Waals surface area contributed by atoms with Gasteiger partial charge in [0.15, 0.2) is 0 Å². The van der Waals surface area contributed by atoms with Crippen LogP contribution in [0.25, 0.3) is 0 Å². The zero-order valence-corrected chi connectivity index (χ0v) is 16.2. The largest absolute Gasteiger partial charge is 0.384 e. The number of unbranched alkanes of at least 4 members (excludes halogenated alkanes) is 6. The van der Waals surface area contributed by atoms with Gasteiger partial charge in [0.25, 0.3) is 0 Å². The Morgan fingerprint density at radius 2 is 1.67 bits per heavy atom. The number of nitrogens with two attached hydrogens (primary N) is 2. The number of nitrogens with one attached hydrogen (secondary N) is 1. The molecule has 0 saturated heterocycles. The maximum Gasteiger partial charge on any atom is 0.217 e. The molecule has 0 spiro atoms. The first-order chi connectivity index (χ1) is 13.1. The van der Waals surface area contributed by atoms with Crippen LogP contribution in [-0.4, -0.2) is 24.0 Å². The fraction of sp³-hybridized carbons (Fsp3) is 0.500. The maximum atomic E-state index is 10.6. The lowest BCUT2D eigenvalue weighted by Gasteiger charge is -2.19. The summed E-state index contributed by atoms with van der Waals surface area (Å²) in [4.78, 5) is 15.1. The summed E-state index contributed by atoms with van der Waals surface area (Å²) >= 11 is 0. The van der Waals surface area contributed by atoms with Crippen molar-refractivity contribution in [2.24, 2.45) is 16.5 Å². The van der Waals surface area contributed by atoms with Crippen molar-refractivity contribution in [1.29, 1.82) is 5.41 Å². The number of hydrogen-bond acceptors (Lipinski definition) is 3. The second kappa shape index (κ2) is 11.3. The molecule has 0 fully saturated rings. The number of primary amides is 1. The predicted molar refractivity (Wildman–Crippen MR) is 112 cm³/mol. The van der Waals surface area contributed by atoms with E-state index in [0.29, 0.717) is 18.0 Å². The molecule has 27 heavy (non-hydrogen) atoms. The van der Waals surface area contributed by atoms with Crippen LogP contribution >= 0.6 is 0 Å². The van der Waals surface area contributed by atoms with Gasteiger partial charge in [-0.2, -0.15) is 0 Å². The van der Waals surface area contributed by atoms with E-state index < -0.39 is 0 Å².